The van der Waals surface area contributed by atoms with Crippen LogP contribution in [0.1, 0.15) is 41.5 Å². The van der Waals surface area contributed by atoms with Gasteiger partial charge in [-0.05, 0) is 101 Å². The van der Waals surface area contributed by atoms with Gasteiger partial charge in [-0.1, -0.05) is 36.4 Å². The predicted molar refractivity (Wildman–Crippen MR) is 126 cm³/mol. The molecule has 0 bridgehead atoms. The van der Waals surface area contributed by atoms with E-state index in [-0.39, 0.29) is 11.2 Å². The smallest absolute Gasteiger partial charge is 0.158 e. The Balaban J connectivity index is 1.96. The van der Waals surface area contributed by atoms with E-state index in [0.717, 1.165) is 33.1 Å². The van der Waals surface area contributed by atoms with E-state index in [1.165, 1.54) is 5.56 Å². The van der Waals surface area contributed by atoms with Crippen molar-refractivity contribution < 1.29 is 9.47 Å². The molecule has 0 atom stereocenters. The van der Waals surface area contributed by atoms with Crippen LogP contribution < -0.4 is 9.47 Å². The summed E-state index contributed by atoms with van der Waals surface area (Å²) >= 11 is 3.81. The highest BCUT2D eigenvalue weighted by Crippen LogP contribution is 2.37. The highest BCUT2D eigenvalue weighted by molar-refractivity contribution is 7.59. The van der Waals surface area contributed by atoms with E-state index >= 15 is 0 Å². The van der Waals surface area contributed by atoms with E-state index in [1.54, 1.807) is 0 Å². The van der Waals surface area contributed by atoms with Gasteiger partial charge in [-0.25, -0.2) is 0 Å². The summed E-state index contributed by atoms with van der Waals surface area (Å²) in [6.45, 7) is 12.3. The van der Waals surface area contributed by atoms with E-state index in [1.807, 2.05) is 24.3 Å². The molecule has 3 aromatic rings. The van der Waals surface area contributed by atoms with Crippen molar-refractivity contribution in [2.45, 2.75) is 57.6 Å². The molecule has 0 aliphatic rings. The van der Waals surface area contributed by atoms with Gasteiger partial charge in [-0.2, -0.15) is 0 Å². The molecule has 0 radical (unpaired) electrons. The standard InChI is InChI=1S/C26H30O2S/c1-25(2,3)27-20-14-10-18(11-15-20)22-8-7-9-23(29)24(22)19-12-16-21(17-13-19)28-26(4,5)6/h7-17,29H,1-6H3/p+1. The van der Waals surface area contributed by atoms with Crippen molar-refractivity contribution in [2.24, 2.45) is 0 Å². The molecule has 3 heteroatoms. The molecular weight excluding hydrogens is 376 g/mol. The topological polar surface area (TPSA) is 18.5 Å². The molecule has 0 heterocycles. The first kappa shape index (κ1) is 21.3. The fourth-order valence-electron chi connectivity index (χ4n) is 3.20. The molecule has 0 aromatic heterocycles. The molecule has 0 unspecified atom stereocenters. The molecule has 0 amide bonds. The van der Waals surface area contributed by atoms with Crippen LogP contribution >= 0.6 is 0 Å². The molecule has 2 nitrogen and oxygen atoms in total. The van der Waals surface area contributed by atoms with Gasteiger partial charge in [0.25, 0.3) is 0 Å². The molecule has 3 rings (SSSR count). The van der Waals surface area contributed by atoms with Gasteiger partial charge in [0.15, 0.2) is 4.90 Å². The number of rotatable bonds is 4. The lowest BCUT2D eigenvalue weighted by atomic mass is 9.94. The first-order valence-electron chi connectivity index (χ1n) is 9.95. The zero-order valence-electron chi connectivity index (χ0n) is 18.2. The lowest BCUT2D eigenvalue weighted by molar-refractivity contribution is 0.130. The average molecular weight is 408 g/mol. The minimum atomic E-state index is -0.212. The Morgan fingerprint density at radius 1 is 0.586 bits per heavy atom. The van der Waals surface area contributed by atoms with E-state index < -0.39 is 0 Å². The van der Waals surface area contributed by atoms with Gasteiger partial charge in [-0.15, -0.1) is 0 Å². The van der Waals surface area contributed by atoms with E-state index in [9.17, 15) is 0 Å². The van der Waals surface area contributed by atoms with Crippen LogP contribution in [0.15, 0.2) is 71.6 Å². The van der Waals surface area contributed by atoms with Crippen molar-refractivity contribution in [1.29, 1.82) is 0 Å². The van der Waals surface area contributed by atoms with Crippen LogP contribution in [0.5, 0.6) is 11.5 Å². The van der Waals surface area contributed by atoms with Crippen molar-refractivity contribution in [3.8, 4) is 33.8 Å². The van der Waals surface area contributed by atoms with E-state index in [4.69, 9.17) is 9.47 Å². The van der Waals surface area contributed by atoms with E-state index in [0.29, 0.717) is 0 Å². The van der Waals surface area contributed by atoms with Crippen LogP contribution in [-0.4, -0.2) is 11.2 Å². The summed E-state index contributed by atoms with van der Waals surface area (Å²) in [6, 6.07) is 22.9. The van der Waals surface area contributed by atoms with Crippen LogP contribution in [0.25, 0.3) is 22.3 Å². The fraction of sp³-hybridized carbons (Fsp3) is 0.308. The summed E-state index contributed by atoms with van der Waals surface area (Å²) in [4.78, 5) is 1.06. The summed E-state index contributed by atoms with van der Waals surface area (Å²) in [5, 5.41) is 0. The molecule has 29 heavy (non-hydrogen) atoms. The Morgan fingerprint density at radius 2 is 1.03 bits per heavy atom. The Hall–Kier alpha value is -2.39. The maximum Gasteiger partial charge on any atom is 0.158 e. The maximum atomic E-state index is 5.96. The summed E-state index contributed by atoms with van der Waals surface area (Å²) in [5.74, 6) is 1.75. The van der Waals surface area contributed by atoms with Crippen LogP contribution in [0, 0.1) is 0 Å². The summed E-state index contributed by atoms with van der Waals surface area (Å²) in [7, 11) is 0. The Morgan fingerprint density at radius 3 is 1.48 bits per heavy atom. The predicted octanol–water partition coefficient (Wildman–Crippen LogP) is 6.75. The molecule has 0 saturated carbocycles. The minimum Gasteiger partial charge on any atom is -0.488 e. The molecule has 0 aliphatic heterocycles. The van der Waals surface area contributed by atoms with Gasteiger partial charge in [-0.3, -0.25) is 0 Å². The second kappa shape index (κ2) is 8.16. The number of hydrogen-bond acceptors (Lipinski definition) is 2. The molecule has 0 saturated heterocycles. The van der Waals surface area contributed by atoms with Gasteiger partial charge in [0.1, 0.15) is 22.7 Å². The summed E-state index contributed by atoms with van der Waals surface area (Å²) in [5.41, 5.74) is 4.20. The maximum absolute atomic E-state index is 5.96. The third-order valence-electron chi connectivity index (χ3n) is 4.22. The number of benzene rings is 3. The largest absolute Gasteiger partial charge is 0.488 e. The SMILES string of the molecule is CC(C)(C)Oc1ccc(-c2cccc([SH2+])c2-c2ccc(OC(C)(C)C)cc2)cc1. The van der Waals surface area contributed by atoms with E-state index in [2.05, 4.69) is 96.6 Å². The van der Waals surface area contributed by atoms with Gasteiger partial charge in [0.05, 0.1) is 0 Å². The van der Waals surface area contributed by atoms with Crippen molar-refractivity contribution in [1.82, 2.24) is 0 Å². The second-order valence-electron chi connectivity index (χ2n) is 9.21. The molecule has 0 aliphatic carbocycles. The highest BCUT2D eigenvalue weighted by Gasteiger charge is 2.17. The quantitative estimate of drug-likeness (QED) is 0.446. The first-order valence-corrected chi connectivity index (χ1v) is 10.5. The molecule has 152 valence electrons. The average Bonchev–Trinajstić information content (AvgIpc) is 2.60. The molecule has 0 N–H and O–H groups in total. The van der Waals surface area contributed by atoms with Gasteiger partial charge < -0.3 is 9.47 Å². The van der Waals surface area contributed by atoms with Gasteiger partial charge in [0.2, 0.25) is 0 Å². The Labute approximate surface area is 180 Å². The van der Waals surface area contributed by atoms with Crippen molar-refractivity contribution in [3.05, 3.63) is 66.7 Å². The summed E-state index contributed by atoms with van der Waals surface area (Å²) in [6.07, 6.45) is 0. The normalized spacial score (nSPS) is 12.0. The van der Waals surface area contributed by atoms with Crippen LogP contribution in [0.4, 0.5) is 0 Å². The van der Waals surface area contributed by atoms with Crippen molar-refractivity contribution in [3.63, 3.8) is 0 Å². The third-order valence-corrected chi connectivity index (χ3v) is 4.64. The van der Waals surface area contributed by atoms with Gasteiger partial charge >= 0.3 is 0 Å². The Bertz CT molecular complexity index is 960. The zero-order valence-corrected chi connectivity index (χ0v) is 19.2. The minimum absolute atomic E-state index is 0.209. The van der Waals surface area contributed by atoms with Crippen molar-refractivity contribution >= 4 is 12.6 Å². The first-order chi connectivity index (χ1) is 13.5. The Kier molecular flexibility index (Phi) is 6.00. The summed E-state index contributed by atoms with van der Waals surface area (Å²) < 4.78 is 11.9. The fourth-order valence-corrected chi connectivity index (χ4v) is 3.58. The number of hydrogen-bond donors (Lipinski definition) is 0. The number of ether oxygens (including phenoxy) is 2. The van der Waals surface area contributed by atoms with Crippen LogP contribution in [-0.2, 0) is 12.6 Å². The van der Waals surface area contributed by atoms with Gasteiger partial charge in [0, 0.05) is 5.56 Å². The third kappa shape index (κ3) is 5.80. The molecular formula is C26H31O2S+. The second-order valence-corrected chi connectivity index (χ2v) is 9.74. The lowest BCUT2D eigenvalue weighted by Gasteiger charge is -2.22. The molecule has 3 aromatic carbocycles. The zero-order chi connectivity index (χ0) is 21.2. The molecule has 0 spiro atoms. The van der Waals surface area contributed by atoms with Crippen LogP contribution in [0.2, 0.25) is 0 Å². The molecule has 0 fully saturated rings. The highest BCUT2D eigenvalue weighted by atomic mass is 32.1. The van der Waals surface area contributed by atoms with Crippen molar-refractivity contribution in [2.75, 3.05) is 0 Å². The van der Waals surface area contributed by atoms with Crippen LogP contribution in [0.3, 0.4) is 0 Å². The lowest BCUT2D eigenvalue weighted by Crippen LogP contribution is -2.22. The monoisotopic (exact) mass is 407 g/mol.